The first-order valence-electron chi connectivity index (χ1n) is 5.13. The number of carbonyl (C=O) groups is 1. The molecule has 0 aliphatic carbocycles. The number of nitrogens with zero attached hydrogens (tertiary/aromatic N) is 2. The predicted molar refractivity (Wildman–Crippen MR) is 67.3 cm³/mol. The van der Waals surface area contributed by atoms with Crippen LogP contribution in [-0.4, -0.2) is 15.8 Å². The van der Waals surface area contributed by atoms with Gasteiger partial charge in [0.1, 0.15) is 0 Å². The van der Waals surface area contributed by atoms with Gasteiger partial charge >= 0.3 is 0 Å². The Hall–Kier alpha value is -2.07. The molecule has 0 bridgehead atoms. The van der Waals surface area contributed by atoms with Gasteiger partial charge in [-0.15, -0.1) is 11.3 Å². The number of fused-ring (bicyclic) bond motifs is 1. The average Bonchev–Trinajstić information content (AvgIpc) is 2.91. The maximum atomic E-state index is 12.1. The van der Waals surface area contributed by atoms with Crippen molar-refractivity contribution in [2.45, 2.75) is 0 Å². The molecule has 82 valence electrons. The molecule has 0 fully saturated rings. The lowest BCUT2D eigenvalue weighted by Gasteiger charge is -2.00. The number of carbonyl (C=O) groups excluding carboxylic acids is 1. The van der Waals surface area contributed by atoms with Crippen molar-refractivity contribution in [1.82, 2.24) is 9.97 Å². The van der Waals surface area contributed by atoms with E-state index in [0.29, 0.717) is 10.6 Å². The van der Waals surface area contributed by atoms with Crippen LogP contribution in [0.15, 0.2) is 48.1 Å². The van der Waals surface area contributed by atoms with Gasteiger partial charge < -0.3 is 0 Å². The SMILES string of the molecule is O=C(c1cnc2ccccc2c1)c1nccs1. The molecule has 17 heavy (non-hydrogen) atoms. The van der Waals surface area contributed by atoms with Crippen LogP contribution in [0.5, 0.6) is 0 Å². The lowest BCUT2D eigenvalue weighted by molar-refractivity contribution is 0.103. The summed E-state index contributed by atoms with van der Waals surface area (Å²) in [5.74, 6) is -0.0711. The summed E-state index contributed by atoms with van der Waals surface area (Å²) < 4.78 is 0. The Balaban J connectivity index is 2.09. The highest BCUT2D eigenvalue weighted by Gasteiger charge is 2.12. The molecular weight excluding hydrogens is 232 g/mol. The van der Waals surface area contributed by atoms with E-state index >= 15 is 0 Å². The lowest BCUT2D eigenvalue weighted by Crippen LogP contribution is -2.01. The Kier molecular flexibility index (Phi) is 2.42. The summed E-state index contributed by atoms with van der Waals surface area (Å²) in [5, 5.41) is 3.26. The van der Waals surface area contributed by atoms with Crippen LogP contribution in [0.4, 0.5) is 0 Å². The second kappa shape index (κ2) is 4.07. The van der Waals surface area contributed by atoms with E-state index in [9.17, 15) is 4.79 Å². The number of rotatable bonds is 2. The number of hydrogen-bond acceptors (Lipinski definition) is 4. The molecule has 0 radical (unpaired) electrons. The van der Waals surface area contributed by atoms with E-state index in [1.54, 1.807) is 17.8 Å². The van der Waals surface area contributed by atoms with Gasteiger partial charge in [-0.3, -0.25) is 9.78 Å². The fraction of sp³-hybridized carbons (Fsp3) is 0. The number of pyridine rings is 1. The summed E-state index contributed by atoms with van der Waals surface area (Å²) in [4.78, 5) is 20.3. The third-order valence-corrected chi connectivity index (χ3v) is 3.25. The smallest absolute Gasteiger partial charge is 0.223 e. The van der Waals surface area contributed by atoms with Crippen molar-refractivity contribution in [3.8, 4) is 0 Å². The third kappa shape index (κ3) is 1.83. The number of para-hydroxylation sites is 1. The van der Waals surface area contributed by atoms with Crippen molar-refractivity contribution >= 4 is 28.0 Å². The first kappa shape index (κ1) is 10.1. The second-order valence-electron chi connectivity index (χ2n) is 3.58. The minimum atomic E-state index is -0.0711. The molecule has 0 saturated carbocycles. The molecule has 0 unspecified atom stereocenters. The van der Waals surface area contributed by atoms with Crippen LogP contribution in [0.2, 0.25) is 0 Å². The lowest BCUT2D eigenvalue weighted by atomic mass is 10.1. The zero-order chi connectivity index (χ0) is 11.7. The molecule has 0 atom stereocenters. The first-order chi connectivity index (χ1) is 8.34. The summed E-state index contributed by atoms with van der Waals surface area (Å²) in [6.45, 7) is 0. The van der Waals surface area contributed by atoms with Gasteiger partial charge in [-0.1, -0.05) is 18.2 Å². The highest BCUT2D eigenvalue weighted by molar-refractivity contribution is 7.11. The highest BCUT2D eigenvalue weighted by Crippen LogP contribution is 2.16. The van der Waals surface area contributed by atoms with E-state index in [1.807, 2.05) is 30.3 Å². The van der Waals surface area contributed by atoms with Crippen LogP contribution in [0.3, 0.4) is 0 Å². The fourth-order valence-electron chi connectivity index (χ4n) is 1.65. The summed E-state index contributed by atoms with van der Waals surface area (Å²) in [5.41, 5.74) is 1.47. The van der Waals surface area contributed by atoms with Gasteiger partial charge in [0, 0.05) is 28.7 Å². The van der Waals surface area contributed by atoms with E-state index < -0.39 is 0 Å². The van der Waals surface area contributed by atoms with Crippen LogP contribution < -0.4 is 0 Å². The van der Waals surface area contributed by atoms with E-state index in [1.165, 1.54) is 11.3 Å². The molecular formula is C13H8N2OS. The Labute approximate surface area is 102 Å². The second-order valence-corrected chi connectivity index (χ2v) is 4.48. The number of benzene rings is 1. The van der Waals surface area contributed by atoms with Crippen LogP contribution in [0.25, 0.3) is 10.9 Å². The Morgan fingerprint density at radius 1 is 1.18 bits per heavy atom. The van der Waals surface area contributed by atoms with Crippen LogP contribution in [0, 0.1) is 0 Å². The van der Waals surface area contributed by atoms with Crippen molar-refractivity contribution in [2.24, 2.45) is 0 Å². The van der Waals surface area contributed by atoms with Gasteiger partial charge in [0.05, 0.1) is 5.52 Å². The van der Waals surface area contributed by atoms with Crippen LogP contribution in [0.1, 0.15) is 15.4 Å². The zero-order valence-electron chi connectivity index (χ0n) is 8.83. The number of ketones is 1. The molecule has 3 rings (SSSR count). The summed E-state index contributed by atoms with van der Waals surface area (Å²) >= 11 is 1.34. The Morgan fingerprint density at radius 2 is 2.06 bits per heavy atom. The molecule has 1 aromatic carbocycles. The maximum absolute atomic E-state index is 12.1. The highest BCUT2D eigenvalue weighted by atomic mass is 32.1. The molecule has 0 aliphatic heterocycles. The number of hydrogen-bond donors (Lipinski definition) is 0. The van der Waals surface area contributed by atoms with Crippen molar-refractivity contribution in [3.05, 3.63) is 58.7 Å². The van der Waals surface area contributed by atoms with Gasteiger partial charge in [0.25, 0.3) is 0 Å². The van der Waals surface area contributed by atoms with Crippen LogP contribution >= 0.6 is 11.3 Å². The fourth-order valence-corrected chi connectivity index (χ4v) is 2.25. The molecule has 0 aliphatic rings. The van der Waals surface area contributed by atoms with Crippen molar-refractivity contribution in [2.75, 3.05) is 0 Å². The average molecular weight is 240 g/mol. The monoisotopic (exact) mass is 240 g/mol. The largest absolute Gasteiger partial charge is 0.286 e. The van der Waals surface area contributed by atoms with E-state index in [4.69, 9.17) is 0 Å². The quantitative estimate of drug-likeness (QED) is 0.647. The third-order valence-electron chi connectivity index (χ3n) is 2.48. The van der Waals surface area contributed by atoms with Crippen molar-refractivity contribution < 1.29 is 4.79 Å². The molecule has 0 saturated heterocycles. The standard InChI is InChI=1S/C13H8N2OS/c16-12(13-14-5-6-17-13)10-7-9-3-1-2-4-11(9)15-8-10/h1-8H. The van der Waals surface area contributed by atoms with Gasteiger partial charge in [0.2, 0.25) is 5.78 Å². The topological polar surface area (TPSA) is 42.9 Å². The molecule has 0 amide bonds. The van der Waals surface area contributed by atoms with Gasteiger partial charge in [0.15, 0.2) is 5.01 Å². The molecule has 0 spiro atoms. The summed E-state index contributed by atoms with van der Waals surface area (Å²) in [7, 11) is 0. The normalized spacial score (nSPS) is 10.6. The van der Waals surface area contributed by atoms with E-state index in [0.717, 1.165) is 10.9 Å². The maximum Gasteiger partial charge on any atom is 0.223 e. The minimum Gasteiger partial charge on any atom is -0.286 e. The molecule has 2 aromatic heterocycles. The predicted octanol–water partition coefficient (Wildman–Crippen LogP) is 2.92. The first-order valence-corrected chi connectivity index (χ1v) is 6.01. The molecule has 3 aromatic rings. The minimum absolute atomic E-state index is 0.0711. The Morgan fingerprint density at radius 3 is 2.88 bits per heavy atom. The summed E-state index contributed by atoms with van der Waals surface area (Å²) in [6.07, 6.45) is 3.23. The van der Waals surface area contributed by atoms with E-state index in [2.05, 4.69) is 9.97 Å². The van der Waals surface area contributed by atoms with Crippen molar-refractivity contribution in [3.63, 3.8) is 0 Å². The number of thiazole rings is 1. The van der Waals surface area contributed by atoms with Crippen LogP contribution in [-0.2, 0) is 0 Å². The van der Waals surface area contributed by atoms with E-state index in [-0.39, 0.29) is 5.78 Å². The van der Waals surface area contributed by atoms with Crippen molar-refractivity contribution in [1.29, 1.82) is 0 Å². The van der Waals surface area contributed by atoms with Gasteiger partial charge in [-0.25, -0.2) is 4.98 Å². The molecule has 4 heteroatoms. The summed E-state index contributed by atoms with van der Waals surface area (Å²) in [6, 6.07) is 9.58. The zero-order valence-corrected chi connectivity index (χ0v) is 9.65. The number of aromatic nitrogens is 2. The molecule has 3 nitrogen and oxygen atoms in total. The molecule has 0 N–H and O–H groups in total. The Bertz CT molecular complexity index is 677. The van der Waals surface area contributed by atoms with Gasteiger partial charge in [-0.05, 0) is 12.1 Å². The molecule has 2 heterocycles. The van der Waals surface area contributed by atoms with Gasteiger partial charge in [-0.2, -0.15) is 0 Å².